The van der Waals surface area contributed by atoms with E-state index < -0.39 is 0 Å². The maximum atomic E-state index is 3.86. The van der Waals surface area contributed by atoms with Crippen LogP contribution in [0.3, 0.4) is 0 Å². The average molecular weight is 238 g/mol. The van der Waals surface area contributed by atoms with E-state index in [4.69, 9.17) is 0 Å². The second-order valence-electron chi connectivity index (χ2n) is 7.72. The molecule has 100 valence electrons. The van der Waals surface area contributed by atoms with Gasteiger partial charge in [0.25, 0.3) is 0 Å². The fourth-order valence-corrected chi connectivity index (χ4v) is 3.33. The summed E-state index contributed by atoms with van der Waals surface area (Å²) in [6.07, 6.45) is 2.85. The molecule has 1 saturated heterocycles. The molecule has 1 aliphatic carbocycles. The molecule has 0 amide bonds. The Kier molecular flexibility index (Phi) is 3.33. The smallest absolute Gasteiger partial charge is 0.0309 e. The van der Waals surface area contributed by atoms with Crippen LogP contribution in [0.4, 0.5) is 0 Å². The second kappa shape index (κ2) is 4.24. The minimum atomic E-state index is 0.363. The molecular formula is C15H30N2. The first-order chi connectivity index (χ1) is 7.74. The molecular weight excluding hydrogens is 208 g/mol. The summed E-state index contributed by atoms with van der Waals surface area (Å²) in [6.45, 7) is 16.6. The van der Waals surface area contributed by atoms with Crippen molar-refractivity contribution in [1.82, 2.24) is 10.2 Å². The van der Waals surface area contributed by atoms with Gasteiger partial charge in [-0.3, -0.25) is 4.90 Å². The van der Waals surface area contributed by atoms with Gasteiger partial charge in [0, 0.05) is 30.7 Å². The van der Waals surface area contributed by atoms with E-state index in [-0.39, 0.29) is 0 Å². The summed E-state index contributed by atoms with van der Waals surface area (Å²) in [6, 6.07) is 1.31. The van der Waals surface area contributed by atoms with E-state index in [1.165, 1.54) is 19.4 Å². The number of rotatable bonds is 2. The van der Waals surface area contributed by atoms with Crippen LogP contribution in [0.25, 0.3) is 0 Å². The molecule has 0 aromatic rings. The Balaban J connectivity index is 2.13. The van der Waals surface area contributed by atoms with E-state index in [9.17, 15) is 0 Å². The van der Waals surface area contributed by atoms with Gasteiger partial charge in [-0.1, -0.05) is 20.8 Å². The fraction of sp³-hybridized carbons (Fsp3) is 1.00. The molecule has 2 fully saturated rings. The minimum Gasteiger partial charge on any atom is -0.308 e. The molecule has 0 radical (unpaired) electrons. The molecule has 2 aliphatic rings. The summed E-state index contributed by atoms with van der Waals surface area (Å²) < 4.78 is 0. The molecule has 0 spiro atoms. The van der Waals surface area contributed by atoms with Gasteiger partial charge in [0.2, 0.25) is 0 Å². The third-order valence-electron chi connectivity index (χ3n) is 4.75. The van der Waals surface area contributed by atoms with E-state index in [0.717, 1.165) is 12.5 Å². The Morgan fingerprint density at radius 3 is 2.24 bits per heavy atom. The molecule has 0 bridgehead atoms. The van der Waals surface area contributed by atoms with Gasteiger partial charge in [0.1, 0.15) is 0 Å². The quantitative estimate of drug-likeness (QED) is 0.796. The zero-order valence-electron chi connectivity index (χ0n) is 12.5. The third-order valence-corrected chi connectivity index (χ3v) is 4.75. The first kappa shape index (κ1) is 13.4. The number of nitrogens with zero attached hydrogens (tertiary/aromatic N) is 1. The molecule has 0 aromatic heterocycles. The van der Waals surface area contributed by atoms with E-state index in [1.54, 1.807) is 0 Å². The van der Waals surface area contributed by atoms with Crippen molar-refractivity contribution in [1.29, 1.82) is 0 Å². The van der Waals surface area contributed by atoms with Crippen molar-refractivity contribution in [3.63, 3.8) is 0 Å². The van der Waals surface area contributed by atoms with Gasteiger partial charge in [-0.05, 0) is 44.9 Å². The number of hydrogen-bond acceptors (Lipinski definition) is 2. The van der Waals surface area contributed by atoms with E-state index in [0.29, 0.717) is 23.0 Å². The van der Waals surface area contributed by atoms with Crippen LogP contribution in [-0.2, 0) is 0 Å². The second-order valence-corrected chi connectivity index (χ2v) is 7.72. The third kappa shape index (κ3) is 2.68. The van der Waals surface area contributed by atoms with Crippen LogP contribution in [0.1, 0.15) is 54.4 Å². The monoisotopic (exact) mass is 238 g/mol. The van der Waals surface area contributed by atoms with E-state index in [1.807, 2.05) is 0 Å². The number of nitrogens with one attached hydrogen (secondary N) is 1. The highest BCUT2D eigenvalue weighted by Gasteiger charge is 2.48. The largest absolute Gasteiger partial charge is 0.308 e. The topological polar surface area (TPSA) is 15.3 Å². The Labute approximate surface area is 107 Å². The van der Waals surface area contributed by atoms with Crippen molar-refractivity contribution in [2.24, 2.45) is 11.3 Å². The van der Waals surface area contributed by atoms with Crippen LogP contribution in [0, 0.1) is 11.3 Å². The SMILES string of the molecule is CC(C)N1CC(C)(C2CC2)NCC1C(C)(C)C. The van der Waals surface area contributed by atoms with Crippen LogP contribution in [0.5, 0.6) is 0 Å². The zero-order valence-corrected chi connectivity index (χ0v) is 12.5. The molecule has 17 heavy (non-hydrogen) atoms. The van der Waals surface area contributed by atoms with Crippen LogP contribution in [0.15, 0.2) is 0 Å². The molecule has 1 heterocycles. The highest BCUT2D eigenvalue weighted by molar-refractivity contribution is 5.06. The summed E-state index contributed by atoms with van der Waals surface area (Å²) in [5.41, 5.74) is 0.730. The Hall–Kier alpha value is -0.0800. The van der Waals surface area contributed by atoms with E-state index in [2.05, 4.69) is 51.8 Å². The summed E-state index contributed by atoms with van der Waals surface area (Å²) >= 11 is 0. The summed E-state index contributed by atoms with van der Waals surface area (Å²) in [5, 5.41) is 3.86. The molecule has 1 aliphatic heterocycles. The van der Waals surface area contributed by atoms with E-state index >= 15 is 0 Å². The lowest BCUT2D eigenvalue weighted by Gasteiger charge is -2.52. The van der Waals surface area contributed by atoms with Crippen LogP contribution in [-0.4, -0.2) is 35.6 Å². The average Bonchev–Trinajstić information content (AvgIpc) is 2.98. The molecule has 1 N–H and O–H groups in total. The van der Waals surface area contributed by atoms with Gasteiger partial charge in [0.15, 0.2) is 0 Å². The maximum Gasteiger partial charge on any atom is 0.0309 e. The first-order valence-corrected chi connectivity index (χ1v) is 7.25. The molecule has 0 aromatic carbocycles. The molecule has 2 nitrogen and oxygen atoms in total. The van der Waals surface area contributed by atoms with Gasteiger partial charge in [-0.15, -0.1) is 0 Å². The van der Waals surface area contributed by atoms with Gasteiger partial charge in [-0.2, -0.15) is 0 Å². The lowest BCUT2D eigenvalue weighted by molar-refractivity contribution is -0.000467. The van der Waals surface area contributed by atoms with Crippen molar-refractivity contribution < 1.29 is 0 Å². The predicted molar refractivity (Wildman–Crippen MR) is 74.2 cm³/mol. The van der Waals surface area contributed by atoms with Crippen molar-refractivity contribution >= 4 is 0 Å². The summed E-state index contributed by atoms with van der Waals surface area (Å²) in [7, 11) is 0. The lowest BCUT2D eigenvalue weighted by atomic mass is 9.80. The van der Waals surface area contributed by atoms with Crippen molar-refractivity contribution in [3.05, 3.63) is 0 Å². The van der Waals surface area contributed by atoms with Crippen LogP contribution >= 0.6 is 0 Å². The van der Waals surface area contributed by atoms with Gasteiger partial charge < -0.3 is 5.32 Å². The summed E-state index contributed by atoms with van der Waals surface area (Å²) in [4.78, 5) is 2.73. The maximum absolute atomic E-state index is 3.86. The lowest BCUT2D eigenvalue weighted by Crippen LogP contribution is -2.67. The molecule has 2 unspecified atom stereocenters. The van der Waals surface area contributed by atoms with Gasteiger partial charge >= 0.3 is 0 Å². The first-order valence-electron chi connectivity index (χ1n) is 7.25. The number of piperazine rings is 1. The Morgan fingerprint density at radius 2 is 1.82 bits per heavy atom. The fourth-order valence-electron chi connectivity index (χ4n) is 3.33. The molecule has 2 heteroatoms. The van der Waals surface area contributed by atoms with Gasteiger partial charge in [0.05, 0.1) is 0 Å². The predicted octanol–water partition coefficient (Wildman–Crippen LogP) is 2.88. The van der Waals surface area contributed by atoms with Gasteiger partial charge in [-0.25, -0.2) is 0 Å². The molecule has 1 saturated carbocycles. The van der Waals surface area contributed by atoms with Crippen molar-refractivity contribution in [2.45, 2.75) is 72.0 Å². The van der Waals surface area contributed by atoms with Crippen LogP contribution < -0.4 is 5.32 Å². The summed E-state index contributed by atoms with van der Waals surface area (Å²) in [5.74, 6) is 0.921. The minimum absolute atomic E-state index is 0.363. The highest BCUT2D eigenvalue weighted by atomic mass is 15.3. The highest BCUT2D eigenvalue weighted by Crippen LogP contribution is 2.43. The zero-order chi connectivity index (χ0) is 12.8. The molecule has 2 rings (SSSR count). The Morgan fingerprint density at radius 1 is 1.24 bits per heavy atom. The number of hydrogen-bond donors (Lipinski definition) is 1. The van der Waals surface area contributed by atoms with Crippen molar-refractivity contribution in [3.8, 4) is 0 Å². The van der Waals surface area contributed by atoms with Crippen LogP contribution in [0.2, 0.25) is 0 Å². The normalized spacial score (nSPS) is 36.5. The Bertz CT molecular complexity index is 275. The molecule has 2 atom stereocenters. The standard InChI is InChI=1S/C15H30N2/c1-11(2)17-10-15(6,12-7-8-12)16-9-13(17)14(3,4)5/h11-13,16H,7-10H2,1-6H3. The van der Waals surface area contributed by atoms with Crippen molar-refractivity contribution in [2.75, 3.05) is 13.1 Å².